The Hall–Kier alpha value is -4.92. The molecule has 2 heterocycles. The third-order valence-electron chi connectivity index (χ3n) is 8.43. The third kappa shape index (κ3) is 10.1. The van der Waals surface area contributed by atoms with Gasteiger partial charge < -0.3 is 45.9 Å². The van der Waals surface area contributed by atoms with E-state index in [-0.39, 0.29) is 34.6 Å². The zero-order chi connectivity index (χ0) is 38.4. The summed E-state index contributed by atoms with van der Waals surface area (Å²) in [5, 5.41) is 44.0. The Morgan fingerprint density at radius 2 is 1.76 bits per heavy atom. The van der Waals surface area contributed by atoms with E-state index in [0.29, 0.717) is 16.8 Å². The van der Waals surface area contributed by atoms with Crippen molar-refractivity contribution >= 4 is 35.4 Å². The van der Waals surface area contributed by atoms with Gasteiger partial charge in [0.15, 0.2) is 6.10 Å². The first kappa shape index (κ1) is 40.5. The molecule has 14 nitrogen and oxygen atoms in total. The molecule has 0 saturated heterocycles. The Bertz CT molecular complexity index is 1750. The summed E-state index contributed by atoms with van der Waals surface area (Å²) >= 11 is 0. The number of aromatic nitrogens is 2. The molecule has 0 fully saturated rings. The van der Waals surface area contributed by atoms with Crippen LogP contribution < -0.4 is 16.4 Å². The summed E-state index contributed by atoms with van der Waals surface area (Å²) in [5.74, 6) is -2.56. The fraction of sp³-hybridized carbons (Fsp3) is 0.459. The highest BCUT2D eigenvalue weighted by Gasteiger charge is 2.30. The van der Waals surface area contributed by atoms with E-state index in [1.807, 2.05) is 20.8 Å². The fourth-order valence-electron chi connectivity index (χ4n) is 5.76. The number of nitrogens with two attached hydrogens (primary N) is 1. The molecule has 51 heavy (non-hydrogen) atoms. The maximum absolute atomic E-state index is 13.7. The number of phenolic OH excluding ortho intramolecular Hbond substituents is 2. The zero-order valence-electron chi connectivity index (χ0n) is 30.9. The van der Waals surface area contributed by atoms with Crippen molar-refractivity contribution in [3.8, 4) is 11.5 Å². The number of fused-ring (bicyclic) bond motifs is 2. The first-order chi connectivity index (χ1) is 23.8. The number of aliphatic hydroxyl groups excluding tert-OH is 1. The Morgan fingerprint density at radius 1 is 1.10 bits per heavy atom. The van der Waals surface area contributed by atoms with Crippen molar-refractivity contribution < 1.29 is 43.9 Å². The second-order valence-corrected chi connectivity index (χ2v) is 13.8. The van der Waals surface area contributed by atoms with Gasteiger partial charge in [0.2, 0.25) is 0 Å². The standard InChI is InChI=1S/C37H51N5O9/c1-19-14-24-30(40-35(47)26-17-23(5)41-42(26)37(6,7)8)27(43)18-25(32(24)45)39-34(46)20(2)12-11-13-28(49-9)33(51-36(38)48)22(4)16-21(3)31(44)29(15-19)50-10/h11-14,16-18,21,28-29,31,33,43-45H,15H2,1-10H3,(H2,38,48)(H,39,46)(H,40,47). The first-order valence-electron chi connectivity index (χ1n) is 16.5. The van der Waals surface area contributed by atoms with Gasteiger partial charge in [0.05, 0.1) is 34.8 Å². The summed E-state index contributed by atoms with van der Waals surface area (Å²) in [6.07, 6.45) is 3.43. The number of phenols is 2. The highest BCUT2D eigenvalue weighted by molar-refractivity contribution is 6.08. The number of hydrogen-bond donors (Lipinski definition) is 6. The number of methoxy groups -OCH3 is 2. The smallest absolute Gasteiger partial charge is 0.405 e. The maximum Gasteiger partial charge on any atom is 0.405 e. The van der Waals surface area contributed by atoms with Gasteiger partial charge in [0, 0.05) is 37.3 Å². The molecule has 2 aromatic rings. The maximum atomic E-state index is 13.7. The molecule has 1 aliphatic heterocycles. The van der Waals surface area contributed by atoms with Crippen LogP contribution in [-0.2, 0) is 24.5 Å². The van der Waals surface area contributed by atoms with Gasteiger partial charge >= 0.3 is 6.09 Å². The van der Waals surface area contributed by atoms with Gasteiger partial charge in [-0.1, -0.05) is 36.8 Å². The number of carbonyl (C=O) groups is 3. The Kier molecular flexibility index (Phi) is 13.4. The zero-order valence-corrected chi connectivity index (χ0v) is 30.9. The third-order valence-corrected chi connectivity index (χ3v) is 8.43. The number of hydrogen-bond acceptors (Lipinski definition) is 10. The lowest BCUT2D eigenvalue weighted by atomic mass is 9.91. The number of nitrogens with zero attached hydrogens (tertiary/aromatic N) is 2. The van der Waals surface area contributed by atoms with Gasteiger partial charge in [-0.05, 0) is 72.6 Å². The van der Waals surface area contributed by atoms with E-state index in [2.05, 4.69) is 15.7 Å². The van der Waals surface area contributed by atoms with Crippen molar-refractivity contribution in [2.45, 2.75) is 91.8 Å². The molecule has 5 unspecified atom stereocenters. The molecule has 14 heteroatoms. The molecule has 0 radical (unpaired) electrons. The molecule has 1 aliphatic rings. The van der Waals surface area contributed by atoms with Gasteiger partial charge in [0.1, 0.15) is 23.3 Å². The van der Waals surface area contributed by atoms with Crippen molar-refractivity contribution in [1.29, 1.82) is 0 Å². The number of primary amides is 1. The van der Waals surface area contributed by atoms with E-state index < -0.39 is 65.3 Å². The van der Waals surface area contributed by atoms with E-state index in [1.54, 1.807) is 56.7 Å². The summed E-state index contributed by atoms with van der Waals surface area (Å²) in [4.78, 5) is 38.8. The molecular formula is C37H51N5O9. The van der Waals surface area contributed by atoms with Crippen LogP contribution in [0.3, 0.4) is 0 Å². The van der Waals surface area contributed by atoms with Crippen LogP contribution in [0.4, 0.5) is 16.2 Å². The number of allylic oxidation sites excluding steroid dienone is 2. The number of aryl methyl sites for hydroxylation is 1. The van der Waals surface area contributed by atoms with Crippen molar-refractivity contribution in [2.75, 3.05) is 24.9 Å². The second-order valence-electron chi connectivity index (χ2n) is 13.8. The molecule has 7 N–H and O–H groups in total. The number of carbonyl (C=O) groups excluding carboxylic acids is 3. The molecular weight excluding hydrogens is 658 g/mol. The van der Waals surface area contributed by atoms with Crippen LogP contribution in [0.1, 0.15) is 76.6 Å². The first-order valence-corrected chi connectivity index (χ1v) is 16.5. The van der Waals surface area contributed by atoms with E-state index in [9.17, 15) is 29.7 Å². The van der Waals surface area contributed by atoms with E-state index >= 15 is 0 Å². The Morgan fingerprint density at radius 3 is 2.35 bits per heavy atom. The topological polar surface area (TPSA) is 207 Å². The predicted octanol–water partition coefficient (Wildman–Crippen LogP) is 5.30. The molecule has 2 bridgehead atoms. The molecule has 3 amide bonds. The number of anilines is 2. The van der Waals surface area contributed by atoms with Crippen LogP contribution in [0, 0.1) is 12.8 Å². The minimum atomic E-state index is -1.06. The van der Waals surface area contributed by atoms with Crippen LogP contribution in [0.5, 0.6) is 11.5 Å². The average Bonchev–Trinajstić information content (AvgIpc) is 3.46. The Labute approximate surface area is 298 Å². The lowest BCUT2D eigenvalue weighted by Crippen LogP contribution is -2.36. The minimum absolute atomic E-state index is 0.0108. The van der Waals surface area contributed by atoms with Gasteiger partial charge in [-0.2, -0.15) is 5.10 Å². The number of nitrogens with one attached hydrogen (secondary N) is 2. The molecule has 1 aromatic heterocycles. The number of amides is 3. The lowest BCUT2D eigenvalue weighted by molar-refractivity contribution is -0.112. The van der Waals surface area contributed by atoms with Gasteiger partial charge in [-0.15, -0.1) is 0 Å². The summed E-state index contributed by atoms with van der Waals surface area (Å²) in [6, 6.07) is 2.75. The fourth-order valence-corrected chi connectivity index (χ4v) is 5.76. The van der Waals surface area contributed by atoms with Crippen LogP contribution in [-0.4, -0.2) is 81.6 Å². The molecule has 0 spiro atoms. The SMILES string of the molecule is COC1C=CC=C(C)C(=O)Nc2cc(O)c(NC(=O)c3cc(C)nn3C(C)(C)C)c(c2O)C=C(C)CC(OC)C(O)C(C)C=C(C)C1OC(N)=O. The van der Waals surface area contributed by atoms with Crippen molar-refractivity contribution in [1.82, 2.24) is 9.78 Å². The molecule has 1 aromatic carbocycles. The predicted molar refractivity (Wildman–Crippen MR) is 194 cm³/mol. The van der Waals surface area contributed by atoms with E-state index in [4.69, 9.17) is 19.9 Å². The molecule has 0 aliphatic carbocycles. The highest BCUT2D eigenvalue weighted by Crippen LogP contribution is 2.43. The second kappa shape index (κ2) is 16.9. The van der Waals surface area contributed by atoms with Crippen molar-refractivity contribution in [2.24, 2.45) is 11.7 Å². The minimum Gasteiger partial charge on any atom is -0.506 e. The van der Waals surface area contributed by atoms with Crippen LogP contribution in [0.2, 0.25) is 0 Å². The van der Waals surface area contributed by atoms with Crippen molar-refractivity contribution in [3.05, 3.63) is 70.1 Å². The van der Waals surface area contributed by atoms with Crippen LogP contribution >= 0.6 is 0 Å². The Balaban J connectivity index is 2.21. The van der Waals surface area contributed by atoms with Crippen molar-refractivity contribution in [3.63, 3.8) is 0 Å². The number of ether oxygens (including phenoxy) is 3. The molecule has 278 valence electrons. The quantitative estimate of drug-likeness (QED) is 0.134. The summed E-state index contributed by atoms with van der Waals surface area (Å²) < 4.78 is 18.2. The van der Waals surface area contributed by atoms with Crippen LogP contribution in [0.25, 0.3) is 6.08 Å². The van der Waals surface area contributed by atoms with Gasteiger partial charge in [-0.3, -0.25) is 14.3 Å². The van der Waals surface area contributed by atoms with Crippen LogP contribution in [0.15, 0.2) is 53.2 Å². The van der Waals surface area contributed by atoms with E-state index in [0.717, 1.165) is 6.07 Å². The largest absolute Gasteiger partial charge is 0.506 e. The molecule has 3 rings (SSSR count). The monoisotopic (exact) mass is 709 g/mol. The molecule has 5 atom stereocenters. The van der Waals surface area contributed by atoms with Gasteiger partial charge in [0.25, 0.3) is 11.8 Å². The van der Waals surface area contributed by atoms with E-state index in [1.165, 1.54) is 33.3 Å². The molecule has 0 saturated carbocycles. The van der Waals surface area contributed by atoms with Gasteiger partial charge in [-0.25, -0.2) is 4.79 Å². The lowest BCUT2D eigenvalue weighted by Gasteiger charge is -2.28. The summed E-state index contributed by atoms with van der Waals surface area (Å²) in [6.45, 7) is 14.2. The highest BCUT2D eigenvalue weighted by atomic mass is 16.6. The number of benzene rings is 1. The normalized spacial score (nSPS) is 22.4. The number of aliphatic hydroxyl groups is 1. The average molecular weight is 710 g/mol. The summed E-state index contributed by atoms with van der Waals surface area (Å²) in [5.41, 5.74) is 6.81. The number of rotatable bonds is 5. The summed E-state index contributed by atoms with van der Waals surface area (Å²) in [7, 11) is 2.87. The number of aromatic hydroxyl groups is 2.